The third kappa shape index (κ3) is 3.18. The van der Waals surface area contributed by atoms with Gasteiger partial charge in [0.15, 0.2) is 5.01 Å². The van der Waals surface area contributed by atoms with E-state index in [0.29, 0.717) is 31.2 Å². The van der Waals surface area contributed by atoms with E-state index in [4.69, 9.17) is 0 Å². The second-order valence-electron chi connectivity index (χ2n) is 6.63. The summed E-state index contributed by atoms with van der Waals surface area (Å²) in [5, 5.41) is 0.257. The summed E-state index contributed by atoms with van der Waals surface area (Å²) in [4.78, 5) is 18.8. The number of para-hydroxylation sites is 1. The fourth-order valence-corrected chi connectivity index (χ4v) is 6.60. The van der Waals surface area contributed by atoms with Crippen LogP contribution in [0.2, 0.25) is 0 Å². The molecule has 4 rings (SSSR count). The Bertz CT molecular complexity index is 846. The molecule has 2 aliphatic rings. The predicted octanol–water partition coefficient (Wildman–Crippen LogP) is 2.33. The van der Waals surface area contributed by atoms with Crippen molar-refractivity contribution in [2.24, 2.45) is 0 Å². The van der Waals surface area contributed by atoms with E-state index < -0.39 is 10.0 Å². The number of piperazine rings is 1. The van der Waals surface area contributed by atoms with Gasteiger partial charge in [-0.2, -0.15) is 4.31 Å². The van der Waals surface area contributed by atoms with E-state index in [9.17, 15) is 13.2 Å². The number of amides is 1. The summed E-state index contributed by atoms with van der Waals surface area (Å²) in [6, 6.07) is 7.69. The molecule has 0 atom stereocenters. The molecule has 0 radical (unpaired) electrons. The number of hydrogen-bond donors (Lipinski definition) is 0. The molecule has 1 amide bonds. The first kappa shape index (κ1) is 16.9. The van der Waals surface area contributed by atoms with Gasteiger partial charge in [0.25, 0.3) is 5.91 Å². The Morgan fingerprint density at radius 2 is 1.76 bits per heavy atom. The normalized spacial score (nSPS) is 20.4. The smallest absolute Gasteiger partial charge is 0.282 e. The lowest BCUT2D eigenvalue weighted by atomic mass is 10.3. The zero-order chi connectivity index (χ0) is 17.4. The van der Waals surface area contributed by atoms with Crippen molar-refractivity contribution in [3.63, 3.8) is 0 Å². The fourth-order valence-electron chi connectivity index (χ4n) is 3.64. The molecule has 0 bridgehead atoms. The maximum Gasteiger partial charge on any atom is 0.282 e. The number of carbonyl (C=O) groups excluding carboxylic acids is 1. The molecule has 8 heteroatoms. The lowest BCUT2D eigenvalue weighted by Crippen LogP contribution is -2.52. The predicted molar refractivity (Wildman–Crippen MR) is 98.3 cm³/mol. The summed E-state index contributed by atoms with van der Waals surface area (Å²) in [5.41, 5.74) is 0.832. The minimum absolute atomic E-state index is 0.0980. The number of carbonyl (C=O) groups is 1. The van der Waals surface area contributed by atoms with Crippen molar-refractivity contribution in [1.29, 1.82) is 0 Å². The topological polar surface area (TPSA) is 70.6 Å². The molecule has 1 aromatic heterocycles. The lowest BCUT2D eigenvalue weighted by Gasteiger charge is -2.34. The second-order valence-corrected chi connectivity index (χ2v) is 9.87. The minimum atomic E-state index is -3.21. The van der Waals surface area contributed by atoms with E-state index in [-0.39, 0.29) is 11.2 Å². The van der Waals surface area contributed by atoms with E-state index in [1.165, 1.54) is 11.3 Å². The molecule has 0 unspecified atom stereocenters. The van der Waals surface area contributed by atoms with Gasteiger partial charge in [-0.1, -0.05) is 25.0 Å². The summed E-state index contributed by atoms with van der Waals surface area (Å²) >= 11 is 1.39. The van der Waals surface area contributed by atoms with Gasteiger partial charge < -0.3 is 4.90 Å². The minimum Gasteiger partial charge on any atom is -0.334 e. The molecular weight excluding hydrogens is 358 g/mol. The van der Waals surface area contributed by atoms with Crippen LogP contribution in [0.3, 0.4) is 0 Å². The van der Waals surface area contributed by atoms with Gasteiger partial charge in [-0.25, -0.2) is 13.4 Å². The molecule has 2 fully saturated rings. The van der Waals surface area contributed by atoms with Crippen LogP contribution in [-0.4, -0.2) is 59.9 Å². The Morgan fingerprint density at radius 3 is 2.44 bits per heavy atom. The van der Waals surface area contributed by atoms with E-state index in [0.717, 1.165) is 35.9 Å². The van der Waals surface area contributed by atoms with E-state index in [1.54, 1.807) is 9.21 Å². The molecule has 1 aliphatic carbocycles. The maximum absolute atomic E-state index is 12.7. The molecule has 2 heterocycles. The van der Waals surface area contributed by atoms with Gasteiger partial charge >= 0.3 is 0 Å². The zero-order valence-corrected chi connectivity index (χ0v) is 15.6. The average Bonchev–Trinajstić information content (AvgIpc) is 3.31. The molecule has 1 aromatic carbocycles. The van der Waals surface area contributed by atoms with E-state index >= 15 is 0 Å². The molecule has 1 aliphatic heterocycles. The van der Waals surface area contributed by atoms with Crippen LogP contribution in [0.15, 0.2) is 24.3 Å². The number of nitrogens with zero attached hydrogens (tertiary/aromatic N) is 3. The molecule has 1 saturated heterocycles. The summed E-state index contributed by atoms with van der Waals surface area (Å²) in [5.74, 6) is -0.0980. The number of sulfonamides is 1. The lowest BCUT2D eigenvalue weighted by molar-refractivity contribution is 0.0697. The highest BCUT2D eigenvalue weighted by Crippen LogP contribution is 2.28. The highest BCUT2D eigenvalue weighted by molar-refractivity contribution is 7.89. The molecule has 0 N–H and O–H groups in total. The summed E-state index contributed by atoms with van der Waals surface area (Å²) in [6.07, 6.45) is 3.54. The maximum atomic E-state index is 12.7. The quantitative estimate of drug-likeness (QED) is 0.821. The number of hydrogen-bond acceptors (Lipinski definition) is 5. The first-order valence-corrected chi connectivity index (χ1v) is 11.0. The van der Waals surface area contributed by atoms with E-state index in [1.807, 2.05) is 24.3 Å². The van der Waals surface area contributed by atoms with Crippen molar-refractivity contribution in [2.75, 3.05) is 26.2 Å². The highest BCUT2D eigenvalue weighted by Gasteiger charge is 2.36. The van der Waals surface area contributed by atoms with Crippen molar-refractivity contribution < 1.29 is 13.2 Å². The number of fused-ring (bicyclic) bond motifs is 1. The Hall–Kier alpha value is -1.51. The van der Waals surface area contributed by atoms with Crippen molar-refractivity contribution >= 4 is 37.5 Å². The third-order valence-electron chi connectivity index (χ3n) is 5.09. The Morgan fingerprint density at radius 1 is 1.08 bits per heavy atom. The molecule has 6 nitrogen and oxygen atoms in total. The summed E-state index contributed by atoms with van der Waals surface area (Å²) < 4.78 is 27.9. The summed E-state index contributed by atoms with van der Waals surface area (Å²) in [6.45, 7) is 1.63. The zero-order valence-electron chi connectivity index (χ0n) is 13.9. The van der Waals surface area contributed by atoms with E-state index in [2.05, 4.69) is 4.98 Å². The van der Waals surface area contributed by atoms with Crippen molar-refractivity contribution in [3.8, 4) is 0 Å². The van der Waals surface area contributed by atoms with Crippen LogP contribution in [0.25, 0.3) is 10.2 Å². The first-order chi connectivity index (χ1) is 12.1. The van der Waals surface area contributed by atoms with Crippen LogP contribution in [0.5, 0.6) is 0 Å². The molecule has 2 aromatic rings. The molecule has 25 heavy (non-hydrogen) atoms. The number of thiazole rings is 1. The first-order valence-electron chi connectivity index (χ1n) is 8.69. The van der Waals surface area contributed by atoms with Crippen LogP contribution in [0, 0.1) is 0 Å². The van der Waals surface area contributed by atoms with Crippen LogP contribution in [0.1, 0.15) is 35.5 Å². The molecular formula is C17H21N3O3S2. The standard InChI is InChI=1S/C17H21N3O3S2/c21-17(16-18-14-7-3-4-8-15(14)24-16)19-9-11-20(12-10-19)25(22,23)13-5-1-2-6-13/h3-4,7-8,13H,1-2,5-6,9-12H2. The Kier molecular flexibility index (Phi) is 4.51. The Labute approximate surface area is 151 Å². The van der Waals surface area contributed by atoms with Crippen molar-refractivity contribution in [2.45, 2.75) is 30.9 Å². The van der Waals surface area contributed by atoms with Crippen LogP contribution < -0.4 is 0 Å². The van der Waals surface area contributed by atoms with Crippen LogP contribution in [-0.2, 0) is 10.0 Å². The largest absolute Gasteiger partial charge is 0.334 e. The monoisotopic (exact) mass is 379 g/mol. The Balaban J connectivity index is 1.43. The average molecular weight is 380 g/mol. The molecule has 0 spiro atoms. The van der Waals surface area contributed by atoms with Crippen LogP contribution in [0.4, 0.5) is 0 Å². The van der Waals surface area contributed by atoms with Gasteiger partial charge in [0, 0.05) is 26.2 Å². The van der Waals surface area contributed by atoms with Gasteiger partial charge in [-0.3, -0.25) is 4.79 Å². The second kappa shape index (κ2) is 6.66. The third-order valence-corrected chi connectivity index (χ3v) is 8.51. The number of benzene rings is 1. The SMILES string of the molecule is O=C(c1nc2ccccc2s1)N1CCN(S(=O)(=O)C2CCCC2)CC1. The number of aromatic nitrogens is 1. The van der Waals surface area contributed by atoms with Crippen LogP contribution >= 0.6 is 11.3 Å². The molecule has 1 saturated carbocycles. The van der Waals surface area contributed by atoms with Crippen molar-refractivity contribution in [3.05, 3.63) is 29.3 Å². The summed E-state index contributed by atoms with van der Waals surface area (Å²) in [7, 11) is -3.21. The highest BCUT2D eigenvalue weighted by atomic mass is 32.2. The van der Waals surface area contributed by atoms with Crippen molar-refractivity contribution in [1.82, 2.24) is 14.2 Å². The molecule has 134 valence electrons. The van der Waals surface area contributed by atoms with Gasteiger partial charge in [0.1, 0.15) is 0 Å². The fraction of sp³-hybridized carbons (Fsp3) is 0.529. The van der Waals surface area contributed by atoms with Gasteiger partial charge in [-0.05, 0) is 25.0 Å². The van der Waals surface area contributed by atoms with Gasteiger partial charge in [0.05, 0.1) is 15.5 Å². The van der Waals surface area contributed by atoms with Gasteiger partial charge in [-0.15, -0.1) is 11.3 Å². The number of rotatable bonds is 3. The van der Waals surface area contributed by atoms with Gasteiger partial charge in [0.2, 0.25) is 10.0 Å².